The number of rotatable bonds is 13. The van der Waals surface area contributed by atoms with Gasteiger partial charge in [0.25, 0.3) is 0 Å². The largest absolute Gasteiger partial charge is 0.490 e. The van der Waals surface area contributed by atoms with E-state index in [1.54, 1.807) is 6.20 Å². The molecule has 0 aliphatic rings. The van der Waals surface area contributed by atoms with Gasteiger partial charge in [-0.2, -0.15) is 0 Å². The van der Waals surface area contributed by atoms with Gasteiger partial charge in [0.2, 0.25) is 5.91 Å². The molecule has 4 N–H and O–H groups in total. The zero-order chi connectivity index (χ0) is 26.9. The van der Waals surface area contributed by atoms with E-state index in [4.69, 9.17) is 15.2 Å². The minimum Gasteiger partial charge on any atom is -0.490 e. The Morgan fingerprint density at radius 3 is 2.32 bits per heavy atom. The van der Waals surface area contributed by atoms with E-state index < -0.39 is 5.91 Å². The maximum absolute atomic E-state index is 11.9. The number of nitrogens with zero attached hydrogens (tertiary/aromatic N) is 1. The average molecular weight is 513 g/mol. The second kappa shape index (κ2) is 12.9. The minimum absolute atomic E-state index is 0.0717. The predicted molar refractivity (Wildman–Crippen MR) is 153 cm³/mol. The van der Waals surface area contributed by atoms with E-state index in [0.717, 1.165) is 47.4 Å². The summed E-state index contributed by atoms with van der Waals surface area (Å²) in [5.41, 5.74) is 12.5. The number of ether oxygens (including phenoxy) is 2. The SMILES string of the molecule is CCOc1cc2ncc(CC(N)=O)c(Nc3cccc(CNCc4ccccc4)c3CC)c2cc1OCC. The van der Waals surface area contributed by atoms with Crippen LogP contribution in [0.25, 0.3) is 10.9 Å². The summed E-state index contributed by atoms with van der Waals surface area (Å²) in [6.07, 6.45) is 2.63. The molecule has 0 aliphatic heterocycles. The Balaban J connectivity index is 1.72. The summed E-state index contributed by atoms with van der Waals surface area (Å²) in [4.78, 5) is 16.6. The van der Waals surface area contributed by atoms with Gasteiger partial charge in [-0.3, -0.25) is 9.78 Å². The first-order chi connectivity index (χ1) is 18.5. The van der Waals surface area contributed by atoms with E-state index in [1.165, 1.54) is 16.7 Å². The summed E-state index contributed by atoms with van der Waals surface area (Å²) in [6, 6.07) is 20.5. The van der Waals surface area contributed by atoms with E-state index in [1.807, 2.05) is 32.0 Å². The minimum atomic E-state index is -0.417. The van der Waals surface area contributed by atoms with Crippen LogP contribution < -0.4 is 25.8 Å². The maximum atomic E-state index is 11.9. The molecule has 0 bridgehead atoms. The Kier molecular flexibility index (Phi) is 9.16. The Bertz CT molecular complexity index is 1390. The van der Waals surface area contributed by atoms with Crippen molar-refractivity contribution in [3.05, 3.63) is 89.1 Å². The zero-order valence-electron chi connectivity index (χ0n) is 22.3. The van der Waals surface area contributed by atoms with Crippen LogP contribution in [0.5, 0.6) is 11.5 Å². The molecule has 38 heavy (non-hydrogen) atoms. The molecule has 1 heterocycles. The maximum Gasteiger partial charge on any atom is 0.221 e. The highest BCUT2D eigenvalue weighted by Crippen LogP contribution is 2.38. The highest BCUT2D eigenvalue weighted by molar-refractivity contribution is 5.98. The summed E-state index contributed by atoms with van der Waals surface area (Å²) >= 11 is 0. The van der Waals surface area contributed by atoms with E-state index in [-0.39, 0.29) is 6.42 Å². The third kappa shape index (κ3) is 6.42. The molecule has 0 aliphatic carbocycles. The molecule has 0 atom stereocenters. The highest BCUT2D eigenvalue weighted by Gasteiger charge is 2.17. The number of carbonyl (C=O) groups is 1. The van der Waals surface area contributed by atoms with Gasteiger partial charge < -0.3 is 25.8 Å². The van der Waals surface area contributed by atoms with Crippen molar-refractivity contribution in [2.24, 2.45) is 5.73 Å². The van der Waals surface area contributed by atoms with Gasteiger partial charge in [-0.15, -0.1) is 0 Å². The molecular formula is C31H36N4O3. The number of nitrogens with one attached hydrogen (secondary N) is 2. The number of fused-ring (bicyclic) bond motifs is 1. The van der Waals surface area contributed by atoms with Gasteiger partial charge >= 0.3 is 0 Å². The second-order valence-electron chi connectivity index (χ2n) is 8.99. The fourth-order valence-corrected chi connectivity index (χ4v) is 4.65. The van der Waals surface area contributed by atoms with Gasteiger partial charge in [0, 0.05) is 42.0 Å². The van der Waals surface area contributed by atoms with Crippen molar-refractivity contribution in [2.45, 2.75) is 46.7 Å². The van der Waals surface area contributed by atoms with Crippen molar-refractivity contribution in [1.82, 2.24) is 10.3 Å². The van der Waals surface area contributed by atoms with E-state index in [0.29, 0.717) is 24.7 Å². The van der Waals surface area contributed by atoms with Crippen molar-refractivity contribution in [1.29, 1.82) is 0 Å². The number of nitrogens with two attached hydrogens (primary N) is 1. The number of aromatic nitrogens is 1. The van der Waals surface area contributed by atoms with Crippen LogP contribution in [-0.2, 0) is 30.7 Å². The van der Waals surface area contributed by atoms with Crippen molar-refractivity contribution in [3.63, 3.8) is 0 Å². The van der Waals surface area contributed by atoms with Gasteiger partial charge in [-0.05, 0) is 49.1 Å². The lowest BCUT2D eigenvalue weighted by Crippen LogP contribution is -2.16. The summed E-state index contributed by atoms with van der Waals surface area (Å²) in [5, 5.41) is 8.04. The fourth-order valence-electron chi connectivity index (χ4n) is 4.65. The van der Waals surface area contributed by atoms with E-state index in [2.05, 4.69) is 65.0 Å². The summed E-state index contributed by atoms with van der Waals surface area (Å²) in [6.45, 7) is 8.57. The smallest absolute Gasteiger partial charge is 0.221 e. The molecule has 3 aromatic carbocycles. The van der Waals surface area contributed by atoms with Crippen LogP contribution >= 0.6 is 0 Å². The first-order valence-corrected chi connectivity index (χ1v) is 13.2. The molecular weight excluding hydrogens is 476 g/mol. The van der Waals surface area contributed by atoms with Gasteiger partial charge in [-0.25, -0.2) is 0 Å². The molecule has 0 spiro atoms. The zero-order valence-corrected chi connectivity index (χ0v) is 22.3. The lowest BCUT2D eigenvalue weighted by atomic mass is 10.0. The molecule has 0 unspecified atom stereocenters. The molecule has 7 heteroatoms. The number of amides is 1. The molecule has 0 saturated carbocycles. The normalized spacial score (nSPS) is 10.9. The number of benzene rings is 3. The van der Waals surface area contributed by atoms with Crippen LogP contribution in [0.15, 0.2) is 66.9 Å². The van der Waals surface area contributed by atoms with Crippen molar-refractivity contribution >= 4 is 28.2 Å². The topological polar surface area (TPSA) is 98.5 Å². The molecule has 1 amide bonds. The quantitative estimate of drug-likeness (QED) is 0.214. The molecule has 0 fully saturated rings. The number of hydrogen-bond donors (Lipinski definition) is 3. The Morgan fingerprint density at radius 1 is 0.895 bits per heavy atom. The summed E-state index contributed by atoms with van der Waals surface area (Å²) < 4.78 is 11.7. The Hall–Kier alpha value is -4.10. The first kappa shape index (κ1) is 26.9. The van der Waals surface area contributed by atoms with Crippen LogP contribution in [0.3, 0.4) is 0 Å². The number of carbonyl (C=O) groups excluding carboxylic acids is 1. The van der Waals surface area contributed by atoms with E-state index >= 15 is 0 Å². The number of anilines is 2. The third-order valence-corrected chi connectivity index (χ3v) is 6.35. The van der Waals surface area contributed by atoms with Crippen molar-refractivity contribution in [2.75, 3.05) is 18.5 Å². The highest BCUT2D eigenvalue weighted by atomic mass is 16.5. The summed E-state index contributed by atoms with van der Waals surface area (Å²) in [5.74, 6) is 0.862. The Labute approximate surface area is 224 Å². The number of pyridine rings is 1. The lowest BCUT2D eigenvalue weighted by molar-refractivity contribution is -0.117. The Morgan fingerprint density at radius 2 is 1.63 bits per heavy atom. The molecule has 198 valence electrons. The van der Waals surface area contributed by atoms with Crippen LogP contribution in [0.1, 0.15) is 43.0 Å². The third-order valence-electron chi connectivity index (χ3n) is 6.35. The van der Waals surface area contributed by atoms with Crippen molar-refractivity contribution < 1.29 is 14.3 Å². The van der Waals surface area contributed by atoms with Crippen molar-refractivity contribution in [3.8, 4) is 11.5 Å². The van der Waals surface area contributed by atoms with Gasteiger partial charge in [-0.1, -0.05) is 49.4 Å². The molecule has 4 rings (SSSR count). The van der Waals surface area contributed by atoms with Gasteiger partial charge in [0.1, 0.15) is 0 Å². The predicted octanol–water partition coefficient (Wildman–Crippen LogP) is 5.66. The molecule has 4 aromatic rings. The van der Waals surface area contributed by atoms with Crippen LogP contribution in [-0.4, -0.2) is 24.1 Å². The number of primary amides is 1. The van der Waals surface area contributed by atoms with Crippen LogP contribution in [0.2, 0.25) is 0 Å². The van der Waals surface area contributed by atoms with E-state index in [9.17, 15) is 4.79 Å². The monoisotopic (exact) mass is 512 g/mol. The second-order valence-corrected chi connectivity index (χ2v) is 8.99. The van der Waals surface area contributed by atoms with Gasteiger partial charge in [0.05, 0.1) is 30.8 Å². The molecule has 0 saturated heterocycles. The molecule has 1 aromatic heterocycles. The number of hydrogen-bond acceptors (Lipinski definition) is 6. The van der Waals surface area contributed by atoms with Crippen LogP contribution in [0, 0.1) is 0 Å². The lowest BCUT2D eigenvalue weighted by Gasteiger charge is -2.20. The van der Waals surface area contributed by atoms with Gasteiger partial charge in [0.15, 0.2) is 11.5 Å². The fraction of sp³-hybridized carbons (Fsp3) is 0.290. The average Bonchev–Trinajstić information content (AvgIpc) is 2.91. The first-order valence-electron chi connectivity index (χ1n) is 13.2. The summed E-state index contributed by atoms with van der Waals surface area (Å²) in [7, 11) is 0. The molecule has 0 radical (unpaired) electrons. The molecule has 7 nitrogen and oxygen atoms in total. The standard InChI is InChI=1S/C31H36N4O3/c1-4-24-22(19-33-18-21-11-8-7-9-12-21)13-10-14-26(24)35-31-23(15-30(32)36)20-34-27-17-29(38-6-3)28(37-5-2)16-25(27)31/h7-14,16-17,20,33H,4-6,15,18-19H2,1-3H3,(H2,32,36)(H,34,35). The van der Waals surface area contributed by atoms with Crippen LogP contribution in [0.4, 0.5) is 11.4 Å².